The first kappa shape index (κ1) is 12.4. The van der Waals surface area contributed by atoms with Crippen LogP contribution in [0.5, 0.6) is 0 Å². The van der Waals surface area contributed by atoms with Gasteiger partial charge in [0, 0.05) is 14.0 Å². The molecule has 0 heterocycles. The van der Waals surface area contributed by atoms with E-state index in [0.29, 0.717) is 6.61 Å². The summed E-state index contributed by atoms with van der Waals surface area (Å²) in [6.45, 7) is 2.07. The van der Waals surface area contributed by atoms with Gasteiger partial charge in [0.15, 0.2) is 0 Å². The maximum Gasteiger partial charge on any atom is 0.302 e. The third kappa shape index (κ3) is 2.29. The Balaban J connectivity index is 2.29. The van der Waals surface area contributed by atoms with Crippen molar-refractivity contribution >= 4 is 5.97 Å². The van der Waals surface area contributed by atoms with Crippen LogP contribution in [0.2, 0.25) is 0 Å². The highest BCUT2D eigenvalue weighted by atomic mass is 16.5. The number of ether oxygens (including phenoxy) is 2. The Morgan fingerprint density at radius 1 is 1.59 bits per heavy atom. The van der Waals surface area contributed by atoms with E-state index in [1.165, 1.54) is 12.5 Å². The van der Waals surface area contributed by atoms with Crippen LogP contribution in [0.15, 0.2) is 23.8 Å². The number of methoxy groups -OCH3 is 1. The summed E-state index contributed by atoms with van der Waals surface area (Å²) in [6.07, 6.45) is 10.6. The van der Waals surface area contributed by atoms with E-state index in [2.05, 4.69) is 18.2 Å². The van der Waals surface area contributed by atoms with Crippen LogP contribution in [-0.2, 0) is 14.3 Å². The lowest BCUT2D eigenvalue weighted by Crippen LogP contribution is -2.45. The number of rotatable bonds is 3. The normalized spacial score (nSPS) is 31.6. The van der Waals surface area contributed by atoms with Crippen molar-refractivity contribution in [1.82, 2.24) is 0 Å². The Morgan fingerprint density at radius 3 is 3.12 bits per heavy atom. The van der Waals surface area contributed by atoms with E-state index >= 15 is 0 Å². The molecule has 0 aliphatic heterocycles. The van der Waals surface area contributed by atoms with E-state index in [9.17, 15) is 4.79 Å². The van der Waals surface area contributed by atoms with Crippen molar-refractivity contribution in [1.29, 1.82) is 0 Å². The molecule has 94 valence electrons. The van der Waals surface area contributed by atoms with E-state index in [4.69, 9.17) is 9.47 Å². The highest BCUT2D eigenvalue weighted by Crippen LogP contribution is 2.46. The topological polar surface area (TPSA) is 35.5 Å². The second kappa shape index (κ2) is 5.05. The molecule has 0 amide bonds. The molecule has 2 aliphatic carbocycles. The monoisotopic (exact) mass is 236 g/mol. The minimum Gasteiger partial charge on any atom is -0.461 e. The van der Waals surface area contributed by atoms with Gasteiger partial charge in [0.2, 0.25) is 0 Å². The fraction of sp³-hybridized carbons (Fsp3) is 0.643. The van der Waals surface area contributed by atoms with Crippen molar-refractivity contribution in [3.8, 4) is 0 Å². The molecule has 0 unspecified atom stereocenters. The summed E-state index contributed by atoms with van der Waals surface area (Å²) < 4.78 is 10.9. The molecule has 0 saturated heterocycles. The Kier molecular flexibility index (Phi) is 3.67. The summed E-state index contributed by atoms with van der Waals surface area (Å²) in [5.41, 5.74) is 1.16. The first-order valence-corrected chi connectivity index (χ1v) is 6.22. The summed E-state index contributed by atoms with van der Waals surface area (Å²) in [5, 5.41) is 0. The molecule has 2 rings (SSSR count). The van der Waals surface area contributed by atoms with E-state index < -0.39 is 0 Å². The SMILES string of the molecule is COC[C@]12C=CCC=C1CCC[C@@H]2OC(C)=O. The molecule has 1 fully saturated rings. The summed E-state index contributed by atoms with van der Waals surface area (Å²) in [7, 11) is 1.70. The molecule has 0 bridgehead atoms. The Labute approximate surface area is 102 Å². The van der Waals surface area contributed by atoms with Crippen LogP contribution in [0.25, 0.3) is 0 Å². The number of esters is 1. The number of carbonyl (C=O) groups excluding carboxylic acids is 1. The van der Waals surface area contributed by atoms with Gasteiger partial charge in [-0.2, -0.15) is 0 Å². The lowest BCUT2D eigenvalue weighted by Gasteiger charge is -2.44. The summed E-state index contributed by atoms with van der Waals surface area (Å²) >= 11 is 0. The second-order valence-electron chi connectivity index (χ2n) is 4.83. The molecule has 2 atom stereocenters. The number of hydrogen-bond acceptors (Lipinski definition) is 3. The van der Waals surface area contributed by atoms with E-state index in [1.807, 2.05) is 0 Å². The molecule has 3 nitrogen and oxygen atoms in total. The van der Waals surface area contributed by atoms with Crippen LogP contribution in [0.4, 0.5) is 0 Å². The standard InChI is InChI=1S/C14H20O3/c1-11(15)17-13-8-5-7-12-6-3-4-9-14(12,13)10-16-2/h4,6,9,13H,3,5,7-8,10H2,1-2H3/t13-,14+/m0/s1. The van der Waals surface area contributed by atoms with Gasteiger partial charge in [-0.25, -0.2) is 0 Å². The van der Waals surface area contributed by atoms with Crippen molar-refractivity contribution in [3.05, 3.63) is 23.8 Å². The molecule has 0 aromatic heterocycles. The minimum atomic E-state index is -0.211. The molecule has 0 radical (unpaired) electrons. The van der Waals surface area contributed by atoms with Crippen LogP contribution < -0.4 is 0 Å². The smallest absolute Gasteiger partial charge is 0.302 e. The van der Waals surface area contributed by atoms with Gasteiger partial charge in [-0.3, -0.25) is 4.79 Å². The summed E-state index contributed by atoms with van der Waals surface area (Å²) in [5.74, 6) is -0.203. The number of hydrogen-bond donors (Lipinski definition) is 0. The van der Waals surface area contributed by atoms with Gasteiger partial charge in [0.25, 0.3) is 0 Å². The first-order chi connectivity index (χ1) is 8.19. The molecular weight excluding hydrogens is 216 g/mol. The Hall–Kier alpha value is -1.09. The van der Waals surface area contributed by atoms with Gasteiger partial charge in [-0.15, -0.1) is 0 Å². The van der Waals surface area contributed by atoms with Crippen molar-refractivity contribution < 1.29 is 14.3 Å². The van der Waals surface area contributed by atoms with Gasteiger partial charge in [0.05, 0.1) is 12.0 Å². The fourth-order valence-electron chi connectivity index (χ4n) is 3.01. The largest absolute Gasteiger partial charge is 0.461 e. The van der Waals surface area contributed by atoms with Gasteiger partial charge >= 0.3 is 5.97 Å². The zero-order valence-corrected chi connectivity index (χ0v) is 10.6. The lowest BCUT2D eigenvalue weighted by atomic mass is 9.66. The highest BCUT2D eigenvalue weighted by molar-refractivity contribution is 5.66. The van der Waals surface area contributed by atoms with E-state index in [0.717, 1.165) is 25.7 Å². The number of carbonyl (C=O) groups is 1. The molecule has 0 aromatic rings. The quantitative estimate of drug-likeness (QED) is 0.558. The Morgan fingerprint density at radius 2 is 2.41 bits per heavy atom. The van der Waals surface area contributed by atoms with Gasteiger partial charge in [-0.1, -0.05) is 23.8 Å². The maximum absolute atomic E-state index is 11.2. The maximum atomic E-state index is 11.2. The summed E-state index contributed by atoms with van der Waals surface area (Å²) in [6, 6.07) is 0. The van der Waals surface area contributed by atoms with Gasteiger partial charge in [-0.05, 0) is 25.7 Å². The molecule has 0 aromatic carbocycles. The minimum absolute atomic E-state index is 0.0727. The van der Waals surface area contributed by atoms with Gasteiger partial charge in [0.1, 0.15) is 6.10 Å². The predicted molar refractivity (Wildman–Crippen MR) is 65.6 cm³/mol. The second-order valence-corrected chi connectivity index (χ2v) is 4.83. The molecule has 0 N–H and O–H groups in total. The van der Waals surface area contributed by atoms with Crippen LogP contribution in [0, 0.1) is 5.41 Å². The average Bonchev–Trinajstić information content (AvgIpc) is 2.30. The van der Waals surface area contributed by atoms with Crippen LogP contribution in [0.1, 0.15) is 32.6 Å². The van der Waals surface area contributed by atoms with Crippen LogP contribution in [0.3, 0.4) is 0 Å². The highest BCUT2D eigenvalue weighted by Gasteiger charge is 2.45. The van der Waals surface area contributed by atoms with Crippen molar-refractivity contribution in [3.63, 3.8) is 0 Å². The van der Waals surface area contributed by atoms with Crippen molar-refractivity contribution in [2.45, 2.75) is 38.7 Å². The summed E-state index contributed by atoms with van der Waals surface area (Å²) in [4.78, 5) is 11.2. The molecular formula is C14H20O3. The Bertz CT molecular complexity index is 356. The molecule has 2 aliphatic rings. The zero-order valence-electron chi connectivity index (χ0n) is 10.6. The molecule has 3 heteroatoms. The molecule has 1 saturated carbocycles. The number of allylic oxidation sites excluding steroid dienone is 2. The predicted octanol–water partition coefficient (Wildman–Crippen LogP) is 2.62. The lowest BCUT2D eigenvalue weighted by molar-refractivity contribution is -0.154. The van der Waals surface area contributed by atoms with Crippen LogP contribution in [-0.4, -0.2) is 25.8 Å². The van der Waals surface area contributed by atoms with Crippen molar-refractivity contribution in [2.24, 2.45) is 5.41 Å². The van der Waals surface area contributed by atoms with Crippen LogP contribution >= 0.6 is 0 Å². The average molecular weight is 236 g/mol. The van der Waals surface area contributed by atoms with Gasteiger partial charge < -0.3 is 9.47 Å². The first-order valence-electron chi connectivity index (χ1n) is 6.22. The fourth-order valence-corrected chi connectivity index (χ4v) is 3.01. The molecule has 0 spiro atoms. The van der Waals surface area contributed by atoms with E-state index in [1.54, 1.807) is 7.11 Å². The third-order valence-corrected chi connectivity index (χ3v) is 3.69. The molecule has 17 heavy (non-hydrogen) atoms. The zero-order chi connectivity index (χ0) is 12.3. The van der Waals surface area contributed by atoms with Crippen molar-refractivity contribution in [2.75, 3.05) is 13.7 Å². The van der Waals surface area contributed by atoms with E-state index in [-0.39, 0.29) is 17.5 Å². The third-order valence-electron chi connectivity index (χ3n) is 3.69. The number of fused-ring (bicyclic) bond motifs is 1.